The zero-order chi connectivity index (χ0) is 13.0. The molecule has 1 unspecified atom stereocenters. The molecule has 3 N–H and O–H groups in total. The number of nitrogens with one attached hydrogen (secondary N) is 1. The van der Waals surface area contributed by atoms with Crippen LogP contribution in [0, 0.1) is 0 Å². The van der Waals surface area contributed by atoms with Gasteiger partial charge in [0.25, 0.3) is 5.22 Å². The van der Waals surface area contributed by atoms with Crippen molar-refractivity contribution in [1.29, 1.82) is 0 Å². The van der Waals surface area contributed by atoms with E-state index in [2.05, 4.69) is 10.3 Å². The summed E-state index contributed by atoms with van der Waals surface area (Å²) < 4.78 is 5.08. The Morgan fingerprint density at radius 3 is 2.94 bits per heavy atom. The molecular formula is C12H13N3O2S. The van der Waals surface area contributed by atoms with E-state index >= 15 is 0 Å². The number of carbonyl (C=O) groups is 1. The van der Waals surface area contributed by atoms with Gasteiger partial charge in [0.15, 0.2) is 0 Å². The third-order valence-electron chi connectivity index (χ3n) is 2.28. The number of oxazole rings is 1. The molecule has 1 atom stereocenters. The molecule has 6 heteroatoms. The molecule has 0 aliphatic rings. The third-order valence-corrected chi connectivity index (χ3v) is 3.25. The number of aromatic nitrogens is 1. The Hall–Kier alpha value is -1.95. The molecule has 0 bridgehead atoms. The van der Waals surface area contributed by atoms with Gasteiger partial charge in [-0.25, -0.2) is 4.98 Å². The van der Waals surface area contributed by atoms with Crippen LogP contribution in [0.3, 0.4) is 0 Å². The summed E-state index contributed by atoms with van der Waals surface area (Å²) in [7, 11) is 0. The van der Waals surface area contributed by atoms with Crippen molar-refractivity contribution in [1.82, 2.24) is 4.98 Å². The van der Waals surface area contributed by atoms with Gasteiger partial charge in [0.05, 0.1) is 22.8 Å². The van der Waals surface area contributed by atoms with Crippen LogP contribution >= 0.6 is 11.8 Å². The number of nitrogens with two attached hydrogens (primary N) is 1. The Morgan fingerprint density at radius 2 is 2.28 bits per heavy atom. The number of hydrogen-bond donors (Lipinski definition) is 2. The fraction of sp³-hybridized carbons (Fsp3) is 0.167. The Kier molecular flexibility index (Phi) is 3.88. The summed E-state index contributed by atoms with van der Waals surface area (Å²) in [5.74, 6) is -0.142. The van der Waals surface area contributed by atoms with E-state index < -0.39 is 0 Å². The number of rotatable bonds is 4. The first-order valence-corrected chi connectivity index (χ1v) is 6.26. The molecule has 0 fully saturated rings. The molecule has 0 aliphatic heterocycles. The molecule has 0 radical (unpaired) electrons. The van der Waals surface area contributed by atoms with Gasteiger partial charge in [0, 0.05) is 0 Å². The summed E-state index contributed by atoms with van der Waals surface area (Å²) in [6.07, 6.45) is 3.02. The first kappa shape index (κ1) is 12.5. The van der Waals surface area contributed by atoms with Crippen LogP contribution in [-0.4, -0.2) is 16.1 Å². The maximum absolute atomic E-state index is 11.9. The number of para-hydroxylation sites is 2. The lowest BCUT2D eigenvalue weighted by Crippen LogP contribution is -2.22. The first-order valence-electron chi connectivity index (χ1n) is 5.38. The SMILES string of the molecule is CC(Sc1ncco1)C(=O)Nc1ccccc1N. The molecule has 0 aliphatic carbocycles. The van der Waals surface area contributed by atoms with E-state index in [-0.39, 0.29) is 11.2 Å². The van der Waals surface area contributed by atoms with Crippen molar-refractivity contribution in [2.24, 2.45) is 0 Å². The van der Waals surface area contributed by atoms with Crippen molar-refractivity contribution in [2.45, 2.75) is 17.4 Å². The number of carbonyl (C=O) groups excluding carboxylic acids is 1. The first-order chi connectivity index (χ1) is 8.66. The van der Waals surface area contributed by atoms with Gasteiger partial charge in [0.2, 0.25) is 5.91 Å². The summed E-state index contributed by atoms with van der Waals surface area (Å²) in [5, 5.41) is 2.92. The minimum absolute atomic E-state index is 0.142. The number of hydrogen-bond acceptors (Lipinski definition) is 5. The normalized spacial score (nSPS) is 12.1. The fourth-order valence-corrected chi connectivity index (χ4v) is 2.02. The lowest BCUT2D eigenvalue weighted by molar-refractivity contribution is -0.115. The predicted molar refractivity (Wildman–Crippen MR) is 71.3 cm³/mol. The summed E-state index contributed by atoms with van der Waals surface area (Å²) in [6.45, 7) is 1.78. The summed E-state index contributed by atoms with van der Waals surface area (Å²) in [6, 6.07) is 7.13. The lowest BCUT2D eigenvalue weighted by atomic mass is 10.2. The second kappa shape index (κ2) is 5.59. The van der Waals surface area contributed by atoms with E-state index in [0.29, 0.717) is 16.6 Å². The van der Waals surface area contributed by atoms with E-state index in [4.69, 9.17) is 10.2 Å². The van der Waals surface area contributed by atoms with Gasteiger partial charge in [-0.15, -0.1) is 0 Å². The Bertz CT molecular complexity index is 528. The van der Waals surface area contributed by atoms with Gasteiger partial charge < -0.3 is 15.5 Å². The number of nitrogens with zero attached hydrogens (tertiary/aromatic N) is 1. The highest BCUT2D eigenvalue weighted by molar-refractivity contribution is 8.00. The van der Waals surface area contributed by atoms with E-state index in [1.807, 2.05) is 12.1 Å². The average molecular weight is 263 g/mol. The molecule has 18 heavy (non-hydrogen) atoms. The summed E-state index contributed by atoms with van der Waals surface area (Å²) >= 11 is 1.25. The van der Waals surface area contributed by atoms with Crippen LogP contribution in [0.25, 0.3) is 0 Å². The van der Waals surface area contributed by atoms with E-state index in [1.165, 1.54) is 18.0 Å². The van der Waals surface area contributed by atoms with Crippen molar-refractivity contribution in [3.63, 3.8) is 0 Å². The van der Waals surface area contributed by atoms with Crippen LogP contribution in [0.4, 0.5) is 11.4 Å². The van der Waals surface area contributed by atoms with Crippen molar-refractivity contribution < 1.29 is 9.21 Å². The highest BCUT2D eigenvalue weighted by Crippen LogP contribution is 2.23. The van der Waals surface area contributed by atoms with Crippen molar-refractivity contribution >= 4 is 29.0 Å². The minimum atomic E-state index is -0.316. The number of amides is 1. The molecule has 94 valence electrons. The maximum atomic E-state index is 11.9. The Balaban J connectivity index is 1.98. The third kappa shape index (κ3) is 3.04. The molecule has 5 nitrogen and oxygen atoms in total. The van der Waals surface area contributed by atoms with Crippen molar-refractivity contribution in [2.75, 3.05) is 11.1 Å². The number of thioether (sulfide) groups is 1. The minimum Gasteiger partial charge on any atom is -0.440 e. The lowest BCUT2D eigenvalue weighted by Gasteiger charge is -2.11. The quantitative estimate of drug-likeness (QED) is 0.653. The van der Waals surface area contributed by atoms with E-state index in [1.54, 1.807) is 25.3 Å². The van der Waals surface area contributed by atoms with Gasteiger partial charge in [-0.1, -0.05) is 23.9 Å². The van der Waals surface area contributed by atoms with Crippen molar-refractivity contribution in [3.05, 3.63) is 36.7 Å². The van der Waals surface area contributed by atoms with Crippen LogP contribution < -0.4 is 11.1 Å². The molecule has 0 saturated carbocycles. The molecule has 2 aromatic rings. The zero-order valence-corrected chi connectivity index (χ0v) is 10.6. The van der Waals surface area contributed by atoms with Gasteiger partial charge in [-0.2, -0.15) is 0 Å². The monoisotopic (exact) mass is 263 g/mol. The van der Waals surface area contributed by atoms with E-state index in [9.17, 15) is 4.79 Å². The number of nitrogen functional groups attached to an aromatic ring is 1. The molecule has 1 amide bonds. The van der Waals surface area contributed by atoms with Crippen LogP contribution in [0.15, 0.2) is 46.4 Å². The topological polar surface area (TPSA) is 81.2 Å². The molecule has 1 aromatic heterocycles. The highest BCUT2D eigenvalue weighted by atomic mass is 32.2. The van der Waals surface area contributed by atoms with E-state index in [0.717, 1.165) is 0 Å². The molecule has 2 rings (SSSR count). The van der Waals surface area contributed by atoms with Crippen LogP contribution in [0.2, 0.25) is 0 Å². The second-order valence-corrected chi connectivity index (χ2v) is 4.93. The Morgan fingerprint density at radius 1 is 1.50 bits per heavy atom. The molecule has 0 spiro atoms. The molecule has 1 aromatic carbocycles. The van der Waals surface area contributed by atoms with Gasteiger partial charge in [-0.3, -0.25) is 4.79 Å². The summed E-state index contributed by atoms with van der Waals surface area (Å²) in [4.78, 5) is 15.9. The van der Waals surface area contributed by atoms with Gasteiger partial charge in [0.1, 0.15) is 6.26 Å². The predicted octanol–water partition coefficient (Wildman–Crippen LogP) is 2.38. The molecular weight excluding hydrogens is 250 g/mol. The maximum Gasteiger partial charge on any atom is 0.256 e. The smallest absolute Gasteiger partial charge is 0.256 e. The van der Waals surface area contributed by atoms with Gasteiger partial charge >= 0.3 is 0 Å². The average Bonchev–Trinajstić information content (AvgIpc) is 2.84. The Labute approximate surface area is 109 Å². The zero-order valence-electron chi connectivity index (χ0n) is 9.79. The van der Waals surface area contributed by atoms with Crippen LogP contribution in [0.5, 0.6) is 0 Å². The van der Waals surface area contributed by atoms with Gasteiger partial charge in [-0.05, 0) is 19.1 Å². The van der Waals surface area contributed by atoms with Crippen molar-refractivity contribution in [3.8, 4) is 0 Å². The fourth-order valence-electron chi connectivity index (χ4n) is 1.32. The summed E-state index contributed by atoms with van der Waals surface area (Å²) in [5.41, 5.74) is 6.91. The molecule has 1 heterocycles. The second-order valence-electron chi connectivity index (χ2n) is 3.63. The largest absolute Gasteiger partial charge is 0.440 e. The highest BCUT2D eigenvalue weighted by Gasteiger charge is 2.17. The van der Waals surface area contributed by atoms with Crippen LogP contribution in [0.1, 0.15) is 6.92 Å². The molecule has 0 saturated heterocycles. The number of benzene rings is 1. The standard InChI is InChI=1S/C12H13N3O2S/c1-8(18-12-14-6-7-17-12)11(16)15-10-5-3-2-4-9(10)13/h2-8H,13H2,1H3,(H,15,16). The number of anilines is 2. The van der Waals surface area contributed by atoms with Crippen LogP contribution in [-0.2, 0) is 4.79 Å².